The van der Waals surface area contributed by atoms with E-state index in [2.05, 4.69) is 41.2 Å². The Morgan fingerprint density at radius 1 is 1.14 bits per heavy atom. The second-order valence-electron chi connectivity index (χ2n) is 8.99. The van der Waals surface area contributed by atoms with Crippen LogP contribution in [-0.2, 0) is 4.74 Å². The van der Waals surface area contributed by atoms with Gasteiger partial charge in [-0.1, -0.05) is 13.8 Å². The van der Waals surface area contributed by atoms with Crippen molar-refractivity contribution in [3.63, 3.8) is 0 Å². The number of halogens is 1. The molecule has 2 heterocycles. The van der Waals surface area contributed by atoms with E-state index in [0.717, 1.165) is 44.5 Å². The lowest BCUT2D eigenvalue weighted by Gasteiger charge is -2.34. The van der Waals surface area contributed by atoms with Crippen molar-refractivity contribution in [3.8, 4) is 0 Å². The Bertz CT molecular complexity index is 441. The fraction of sp³-hybridized carbons (Fsp3) is 0.955. The third-order valence-electron chi connectivity index (χ3n) is 5.83. The molecular weight excluding hydrogens is 477 g/mol. The van der Waals surface area contributed by atoms with Crippen molar-refractivity contribution in [2.24, 2.45) is 16.8 Å². The van der Waals surface area contributed by atoms with E-state index in [-0.39, 0.29) is 24.0 Å². The lowest BCUT2D eigenvalue weighted by Crippen LogP contribution is -2.49. The van der Waals surface area contributed by atoms with Crippen LogP contribution in [-0.4, -0.2) is 87.9 Å². The molecule has 1 atom stereocenters. The first kappa shape index (κ1) is 26.9. The topological polar surface area (TPSA) is 52.1 Å². The molecule has 0 amide bonds. The number of rotatable bonds is 10. The second kappa shape index (κ2) is 15.6. The molecule has 2 N–H and O–H groups in total. The summed E-state index contributed by atoms with van der Waals surface area (Å²) in [6.45, 7) is 16.7. The summed E-state index contributed by atoms with van der Waals surface area (Å²) in [5.41, 5.74) is 0. The van der Waals surface area contributed by atoms with Crippen molar-refractivity contribution >= 4 is 29.9 Å². The second-order valence-corrected chi connectivity index (χ2v) is 8.99. The summed E-state index contributed by atoms with van der Waals surface area (Å²) in [7, 11) is 1.78. The van der Waals surface area contributed by atoms with Gasteiger partial charge in [0, 0.05) is 65.6 Å². The molecule has 0 aliphatic carbocycles. The van der Waals surface area contributed by atoms with Crippen LogP contribution in [0.5, 0.6) is 0 Å². The van der Waals surface area contributed by atoms with Gasteiger partial charge in [0.25, 0.3) is 0 Å². The molecule has 2 fully saturated rings. The van der Waals surface area contributed by atoms with Crippen LogP contribution >= 0.6 is 24.0 Å². The van der Waals surface area contributed by atoms with Gasteiger partial charge >= 0.3 is 0 Å². The third kappa shape index (κ3) is 11.2. The highest BCUT2D eigenvalue weighted by atomic mass is 127. The fourth-order valence-corrected chi connectivity index (χ4v) is 4.45. The maximum atomic E-state index is 5.17. The molecule has 2 aliphatic heterocycles. The van der Waals surface area contributed by atoms with Crippen LogP contribution in [0.1, 0.15) is 52.9 Å². The molecule has 2 aliphatic rings. The molecule has 0 bridgehead atoms. The quantitative estimate of drug-likeness (QED) is 0.200. The summed E-state index contributed by atoms with van der Waals surface area (Å²) in [5.74, 6) is 2.47. The Balaban J connectivity index is 0.00000420. The first-order chi connectivity index (χ1) is 13.6. The third-order valence-corrected chi connectivity index (χ3v) is 5.83. The predicted molar refractivity (Wildman–Crippen MR) is 134 cm³/mol. The van der Waals surface area contributed by atoms with Gasteiger partial charge in [-0.05, 0) is 57.4 Å². The number of piperidine rings is 2. The Morgan fingerprint density at radius 3 is 2.55 bits per heavy atom. The van der Waals surface area contributed by atoms with E-state index in [4.69, 9.17) is 9.73 Å². The summed E-state index contributed by atoms with van der Waals surface area (Å²) in [6.07, 6.45) is 6.16. The van der Waals surface area contributed by atoms with Crippen molar-refractivity contribution < 1.29 is 4.74 Å². The van der Waals surface area contributed by atoms with E-state index in [0.29, 0.717) is 12.0 Å². The number of guanidine groups is 1. The van der Waals surface area contributed by atoms with Crippen LogP contribution in [0, 0.1) is 11.8 Å². The van der Waals surface area contributed by atoms with Crippen molar-refractivity contribution in [3.05, 3.63) is 0 Å². The maximum Gasteiger partial charge on any atom is 0.191 e. The molecule has 1 unspecified atom stereocenters. The van der Waals surface area contributed by atoms with E-state index in [1.165, 1.54) is 58.4 Å². The van der Waals surface area contributed by atoms with Crippen LogP contribution in [0.2, 0.25) is 0 Å². The molecule has 0 aromatic heterocycles. The van der Waals surface area contributed by atoms with Gasteiger partial charge in [0.15, 0.2) is 5.96 Å². The predicted octanol–water partition coefficient (Wildman–Crippen LogP) is 3.03. The molecular formula is C22H46IN5O. The van der Waals surface area contributed by atoms with Crippen molar-refractivity contribution in [1.29, 1.82) is 0 Å². The Hall–Kier alpha value is -0.120. The zero-order valence-corrected chi connectivity index (χ0v) is 21.6. The lowest BCUT2D eigenvalue weighted by molar-refractivity contribution is 0.155. The zero-order valence-electron chi connectivity index (χ0n) is 19.3. The van der Waals surface area contributed by atoms with Crippen molar-refractivity contribution in [2.75, 3.05) is 66.1 Å². The Labute approximate surface area is 196 Å². The van der Waals surface area contributed by atoms with E-state index < -0.39 is 0 Å². The molecule has 2 saturated heterocycles. The summed E-state index contributed by atoms with van der Waals surface area (Å²) >= 11 is 0. The van der Waals surface area contributed by atoms with Gasteiger partial charge in [-0.3, -0.25) is 4.99 Å². The largest absolute Gasteiger partial charge is 0.385 e. The average Bonchev–Trinajstić information content (AvgIpc) is 2.68. The number of hydrogen-bond donors (Lipinski definition) is 2. The van der Waals surface area contributed by atoms with Crippen LogP contribution < -0.4 is 10.6 Å². The minimum Gasteiger partial charge on any atom is -0.385 e. The Morgan fingerprint density at radius 2 is 1.90 bits per heavy atom. The van der Waals surface area contributed by atoms with E-state index >= 15 is 0 Å². The molecule has 0 saturated carbocycles. The fourth-order valence-electron chi connectivity index (χ4n) is 4.45. The van der Waals surface area contributed by atoms with Gasteiger partial charge in [0.1, 0.15) is 0 Å². The first-order valence-electron chi connectivity index (χ1n) is 11.6. The first-order valence-corrected chi connectivity index (χ1v) is 11.6. The van der Waals surface area contributed by atoms with Gasteiger partial charge < -0.3 is 25.2 Å². The minimum atomic E-state index is 0. The standard InChI is InChI=1S/C22H45N5O.HI/c1-5-23-22(24-16-20-8-6-11-27(18-20)17-19(2)3)25-21-9-13-26(14-10-21)12-7-15-28-4;/h19-21H,5-18H2,1-4H3,(H2,23,24,25);1H. The monoisotopic (exact) mass is 523 g/mol. The van der Waals surface area contributed by atoms with E-state index in [1.807, 2.05) is 0 Å². The number of hydrogen-bond acceptors (Lipinski definition) is 4. The van der Waals surface area contributed by atoms with Crippen LogP contribution in [0.15, 0.2) is 4.99 Å². The molecule has 0 spiro atoms. The number of methoxy groups -OCH3 is 1. The van der Waals surface area contributed by atoms with Gasteiger partial charge in [-0.2, -0.15) is 0 Å². The molecule has 2 rings (SSSR count). The highest BCUT2D eigenvalue weighted by Gasteiger charge is 2.22. The molecule has 6 nitrogen and oxygen atoms in total. The lowest BCUT2D eigenvalue weighted by atomic mass is 9.97. The van der Waals surface area contributed by atoms with Gasteiger partial charge in [0.05, 0.1) is 0 Å². The smallest absolute Gasteiger partial charge is 0.191 e. The number of nitrogens with zero attached hydrogens (tertiary/aromatic N) is 3. The van der Waals surface area contributed by atoms with Gasteiger partial charge in [-0.25, -0.2) is 0 Å². The number of ether oxygens (including phenoxy) is 1. The maximum absolute atomic E-state index is 5.17. The normalized spacial score (nSPS) is 22.5. The summed E-state index contributed by atoms with van der Waals surface area (Å²) in [4.78, 5) is 10.2. The number of aliphatic imine (C=N–C) groups is 1. The van der Waals surface area contributed by atoms with Gasteiger partial charge in [0.2, 0.25) is 0 Å². The van der Waals surface area contributed by atoms with Crippen molar-refractivity contribution in [2.45, 2.75) is 58.9 Å². The van der Waals surface area contributed by atoms with E-state index in [9.17, 15) is 0 Å². The summed E-state index contributed by atoms with van der Waals surface area (Å²) in [5, 5.41) is 7.16. The molecule has 0 aromatic carbocycles. The van der Waals surface area contributed by atoms with Crippen LogP contribution in [0.4, 0.5) is 0 Å². The highest BCUT2D eigenvalue weighted by Crippen LogP contribution is 2.18. The minimum absolute atomic E-state index is 0. The van der Waals surface area contributed by atoms with Crippen molar-refractivity contribution in [1.82, 2.24) is 20.4 Å². The molecule has 172 valence electrons. The molecule has 29 heavy (non-hydrogen) atoms. The summed E-state index contributed by atoms with van der Waals surface area (Å²) < 4.78 is 5.17. The Kier molecular flexibility index (Phi) is 14.5. The summed E-state index contributed by atoms with van der Waals surface area (Å²) in [6, 6.07) is 0.542. The molecule has 0 radical (unpaired) electrons. The molecule has 7 heteroatoms. The average molecular weight is 524 g/mol. The van der Waals surface area contributed by atoms with Crippen LogP contribution in [0.25, 0.3) is 0 Å². The molecule has 0 aromatic rings. The SMILES string of the molecule is CCNC(=NCC1CCCN(CC(C)C)C1)NC1CCN(CCCOC)CC1.I. The van der Waals surface area contributed by atoms with Crippen LogP contribution in [0.3, 0.4) is 0 Å². The van der Waals surface area contributed by atoms with E-state index in [1.54, 1.807) is 7.11 Å². The highest BCUT2D eigenvalue weighted by molar-refractivity contribution is 14.0. The number of nitrogens with one attached hydrogen (secondary N) is 2. The zero-order chi connectivity index (χ0) is 20.2. The number of likely N-dealkylation sites (tertiary alicyclic amines) is 2. The van der Waals surface area contributed by atoms with Gasteiger partial charge in [-0.15, -0.1) is 24.0 Å².